The van der Waals surface area contributed by atoms with Crippen LogP contribution >= 0.6 is 15.9 Å². The molecule has 0 aliphatic heterocycles. The normalized spacial score (nSPS) is 28.9. The lowest BCUT2D eigenvalue weighted by atomic mass is 10.0. The molecule has 0 aromatic carbocycles. The third-order valence-electron chi connectivity index (χ3n) is 1.64. The summed E-state index contributed by atoms with van der Waals surface area (Å²) in [6.07, 6.45) is 4.21. The lowest BCUT2D eigenvalue weighted by Crippen LogP contribution is -2.25. The summed E-state index contributed by atoms with van der Waals surface area (Å²) < 4.78 is 3.74. The van der Waals surface area contributed by atoms with Crippen LogP contribution in [0.25, 0.3) is 0 Å². The molecule has 3 nitrogen and oxygen atoms in total. The molecule has 0 amide bonds. The van der Waals surface area contributed by atoms with Gasteiger partial charge in [0.2, 0.25) is 0 Å². The van der Waals surface area contributed by atoms with Crippen LogP contribution in [0.1, 0.15) is 6.42 Å². The Morgan fingerprint density at radius 1 is 1.83 bits per heavy atom. The van der Waals surface area contributed by atoms with Gasteiger partial charge < -0.3 is 9.84 Å². The first-order valence-electron chi connectivity index (χ1n) is 3.43. The number of hydrogen-bond acceptors (Lipinski definition) is 3. The van der Waals surface area contributed by atoms with E-state index < -0.39 is 4.51 Å². The Labute approximate surface area is 78.8 Å². The Morgan fingerprint density at radius 2 is 2.50 bits per heavy atom. The zero-order chi connectivity index (χ0) is 9.19. The second-order valence-corrected chi connectivity index (χ2v) is 3.81. The van der Waals surface area contributed by atoms with E-state index in [1.807, 2.05) is 0 Å². The molecule has 4 heteroatoms. The van der Waals surface area contributed by atoms with Gasteiger partial charge in [-0.25, -0.2) is 0 Å². The van der Waals surface area contributed by atoms with Gasteiger partial charge in [-0.1, -0.05) is 6.08 Å². The van der Waals surface area contributed by atoms with E-state index in [2.05, 4.69) is 15.9 Å². The Bertz CT molecular complexity index is 253. The molecule has 0 saturated heterocycles. The molecule has 1 unspecified atom stereocenters. The summed E-state index contributed by atoms with van der Waals surface area (Å²) in [5.74, 6) is 0.354. The maximum Gasteiger partial charge on any atom is 0.180 e. The van der Waals surface area contributed by atoms with Crippen molar-refractivity contribution in [3.05, 3.63) is 23.5 Å². The van der Waals surface area contributed by atoms with Crippen LogP contribution in [0.4, 0.5) is 0 Å². The molecule has 1 N–H and O–H groups in total. The van der Waals surface area contributed by atoms with Gasteiger partial charge in [0.05, 0.1) is 7.11 Å². The highest BCUT2D eigenvalue weighted by molar-refractivity contribution is 9.10. The topological polar surface area (TPSA) is 46.5 Å². The fourth-order valence-corrected chi connectivity index (χ4v) is 1.41. The lowest BCUT2D eigenvalue weighted by Gasteiger charge is -2.24. The summed E-state index contributed by atoms with van der Waals surface area (Å²) in [6.45, 7) is 0. The number of carbonyl (C=O) groups is 1. The fraction of sp³-hybridized carbons (Fsp3) is 0.375. The molecule has 0 aromatic heterocycles. The molecule has 0 bridgehead atoms. The molecule has 0 aromatic rings. The van der Waals surface area contributed by atoms with Crippen molar-refractivity contribution in [1.82, 2.24) is 0 Å². The van der Waals surface area contributed by atoms with E-state index in [-0.39, 0.29) is 0 Å². The number of rotatable bonds is 2. The smallest absolute Gasteiger partial charge is 0.180 e. The number of hydrogen-bond donors (Lipinski definition) is 1. The van der Waals surface area contributed by atoms with Crippen LogP contribution in [0.3, 0.4) is 0 Å². The molecule has 0 saturated carbocycles. The Hall–Kier alpha value is -0.610. The molecule has 1 aliphatic rings. The maximum atomic E-state index is 10.4. The molecule has 12 heavy (non-hydrogen) atoms. The largest absolute Gasteiger partial charge is 0.497 e. The van der Waals surface area contributed by atoms with Gasteiger partial charge in [0.15, 0.2) is 4.51 Å². The van der Waals surface area contributed by atoms with Crippen molar-refractivity contribution in [3.8, 4) is 0 Å². The summed E-state index contributed by atoms with van der Waals surface area (Å²) in [5.41, 5.74) is 0.524. The first kappa shape index (κ1) is 9.48. The van der Waals surface area contributed by atoms with Gasteiger partial charge in [-0.15, -0.1) is 0 Å². The Morgan fingerprint density at radius 3 is 3.00 bits per heavy atom. The Balaban J connectivity index is 2.93. The number of methoxy groups -OCH3 is 1. The highest BCUT2D eigenvalue weighted by Crippen LogP contribution is 2.33. The highest BCUT2D eigenvalue weighted by atomic mass is 79.9. The van der Waals surface area contributed by atoms with Gasteiger partial charge in [-0.05, 0) is 22.0 Å². The highest BCUT2D eigenvalue weighted by Gasteiger charge is 2.31. The van der Waals surface area contributed by atoms with Crippen molar-refractivity contribution in [2.45, 2.75) is 10.9 Å². The van der Waals surface area contributed by atoms with Crippen LogP contribution in [0.15, 0.2) is 23.5 Å². The third-order valence-corrected chi connectivity index (χ3v) is 2.35. The number of halogens is 1. The molecule has 0 spiro atoms. The SMILES string of the molecule is COC1=CC(C=O)=CCC1(O)Br. The quantitative estimate of drug-likeness (QED) is 0.574. The minimum Gasteiger partial charge on any atom is -0.497 e. The zero-order valence-electron chi connectivity index (χ0n) is 6.58. The van der Waals surface area contributed by atoms with Crippen LogP contribution in [0.2, 0.25) is 0 Å². The van der Waals surface area contributed by atoms with Gasteiger partial charge in [0.25, 0.3) is 0 Å². The average molecular weight is 233 g/mol. The zero-order valence-corrected chi connectivity index (χ0v) is 8.17. The van der Waals surface area contributed by atoms with Crippen LogP contribution < -0.4 is 0 Å². The van der Waals surface area contributed by atoms with Gasteiger partial charge in [0, 0.05) is 12.0 Å². The number of ether oxygens (including phenoxy) is 1. The second kappa shape index (κ2) is 3.41. The van der Waals surface area contributed by atoms with Crippen LogP contribution in [0, 0.1) is 0 Å². The molecular formula is C8H9BrO3. The van der Waals surface area contributed by atoms with Gasteiger partial charge in [-0.2, -0.15) is 0 Å². The van der Waals surface area contributed by atoms with Crippen molar-refractivity contribution in [1.29, 1.82) is 0 Å². The number of allylic oxidation sites excluding steroid dienone is 2. The first-order chi connectivity index (χ1) is 5.60. The minimum atomic E-state index is -1.16. The van der Waals surface area contributed by atoms with Crippen LogP contribution in [0.5, 0.6) is 0 Å². The molecule has 0 heterocycles. The summed E-state index contributed by atoms with van der Waals surface area (Å²) >= 11 is 3.08. The predicted octanol–water partition coefficient (Wildman–Crippen LogP) is 1.13. The van der Waals surface area contributed by atoms with Crippen molar-refractivity contribution in [2.75, 3.05) is 7.11 Å². The molecule has 1 atom stereocenters. The lowest BCUT2D eigenvalue weighted by molar-refractivity contribution is -0.104. The van der Waals surface area contributed by atoms with E-state index in [9.17, 15) is 9.90 Å². The monoisotopic (exact) mass is 232 g/mol. The predicted molar refractivity (Wildman–Crippen MR) is 47.7 cm³/mol. The van der Waals surface area contributed by atoms with Crippen LogP contribution in [-0.2, 0) is 9.53 Å². The number of aliphatic hydroxyl groups is 1. The number of carbonyl (C=O) groups excluding carboxylic acids is 1. The molecule has 1 aliphatic carbocycles. The van der Waals surface area contributed by atoms with E-state index in [4.69, 9.17) is 4.74 Å². The molecule has 0 fully saturated rings. The number of aldehydes is 1. The standard InChI is InChI=1S/C8H9BrO3/c1-12-7-4-6(5-10)2-3-8(7,9)11/h2,4-5,11H,3H2,1H3. The van der Waals surface area contributed by atoms with Gasteiger partial charge in [0.1, 0.15) is 12.0 Å². The minimum absolute atomic E-state index is 0.334. The van der Waals surface area contributed by atoms with Gasteiger partial charge in [-0.3, -0.25) is 4.79 Å². The molecule has 0 radical (unpaired) electrons. The molecule has 66 valence electrons. The van der Waals surface area contributed by atoms with Crippen LogP contribution in [-0.4, -0.2) is 23.0 Å². The fourth-order valence-electron chi connectivity index (χ4n) is 0.972. The summed E-state index contributed by atoms with van der Waals surface area (Å²) in [6, 6.07) is 0. The van der Waals surface area contributed by atoms with E-state index in [0.29, 0.717) is 17.8 Å². The second-order valence-electron chi connectivity index (χ2n) is 2.50. The maximum absolute atomic E-state index is 10.4. The van der Waals surface area contributed by atoms with Gasteiger partial charge >= 0.3 is 0 Å². The number of alkyl halides is 1. The van der Waals surface area contributed by atoms with Crippen molar-refractivity contribution >= 4 is 22.2 Å². The average Bonchev–Trinajstić information content (AvgIpc) is 2.04. The van der Waals surface area contributed by atoms with Crippen molar-refractivity contribution < 1.29 is 14.6 Å². The molecule has 1 rings (SSSR count). The molecular weight excluding hydrogens is 224 g/mol. The van der Waals surface area contributed by atoms with E-state index >= 15 is 0 Å². The summed E-state index contributed by atoms with van der Waals surface area (Å²) in [4.78, 5) is 10.4. The van der Waals surface area contributed by atoms with Crippen molar-refractivity contribution in [2.24, 2.45) is 0 Å². The van der Waals surface area contributed by atoms with Crippen molar-refractivity contribution in [3.63, 3.8) is 0 Å². The summed E-state index contributed by atoms with van der Waals surface area (Å²) in [7, 11) is 1.45. The third kappa shape index (κ3) is 1.76. The summed E-state index contributed by atoms with van der Waals surface area (Å²) in [5, 5.41) is 9.61. The van der Waals surface area contributed by atoms with E-state index in [0.717, 1.165) is 6.29 Å². The first-order valence-corrected chi connectivity index (χ1v) is 4.22. The van der Waals surface area contributed by atoms with E-state index in [1.165, 1.54) is 13.2 Å². The van der Waals surface area contributed by atoms with E-state index in [1.54, 1.807) is 6.08 Å². The Kier molecular flexibility index (Phi) is 2.69.